The van der Waals surface area contributed by atoms with Crippen LogP contribution in [0.4, 0.5) is 0 Å². The van der Waals surface area contributed by atoms with E-state index in [9.17, 15) is 4.79 Å². The van der Waals surface area contributed by atoms with Gasteiger partial charge in [0, 0.05) is 37.9 Å². The lowest BCUT2D eigenvalue weighted by molar-refractivity contribution is 0.0747. The smallest absolute Gasteiger partial charge is 0.275 e. The van der Waals surface area contributed by atoms with Gasteiger partial charge in [-0.05, 0) is 30.7 Å². The number of pyridine rings is 1. The van der Waals surface area contributed by atoms with Crippen LogP contribution in [-0.4, -0.2) is 32.1 Å². The van der Waals surface area contributed by atoms with Crippen molar-refractivity contribution in [3.8, 4) is 0 Å². The van der Waals surface area contributed by atoms with E-state index in [4.69, 9.17) is 0 Å². The van der Waals surface area contributed by atoms with Crippen molar-refractivity contribution in [2.45, 2.75) is 13.5 Å². The molecule has 0 aliphatic rings. The van der Waals surface area contributed by atoms with Crippen LogP contribution in [0.3, 0.4) is 0 Å². The van der Waals surface area contributed by atoms with E-state index in [0.717, 1.165) is 16.5 Å². The summed E-state index contributed by atoms with van der Waals surface area (Å²) >= 11 is 0. The number of hydrogen-bond donors (Lipinski definition) is 0. The molecule has 0 N–H and O–H groups in total. The summed E-state index contributed by atoms with van der Waals surface area (Å²) in [6, 6.07) is 11.6. The first-order valence-corrected chi connectivity index (χ1v) is 7.30. The second kappa shape index (κ2) is 5.97. The van der Waals surface area contributed by atoms with Gasteiger partial charge in [-0.2, -0.15) is 5.10 Å². The van der Waals surface area contributed by atoms with E-state index in [2.05, 4.69) is 10.1 Å². The van der Waals surface area contributed by atoms with Crippen molar-refractivity contribution in [3.63, 3.8) is 0 Å². The Balaban J connectivity index is 1.93. The Hall–Kier alpha value is -2.69. The van der Waals surface area contributed by atoms with E-state index in [-0.39, 0.29) is 5.91 Å². The van der Waals surface area contributed by atoms with Crippen molar-refractivity contribution >= 4 is 16.8 Å². The van der Waals surface area contributed by atoms with E-state index in [1.165, 1.54) is 0 Å². The lowest BCUT2D eigenvalue weighted by Crippen LogP contribution is -2.30. The van der Waals surface area contributed by atoms with Crippen molar-refractivity contribution in [3.05, 3.63) is 60.0 Å². The molecule has 1 aromatic carbocycles. The number of amides is 1. The molecule has 0 atom stereocenters. The number of carbonyl (C=O) groups excluding carboxylic acids is 1. The monoisotopic (exact) mass is 294 g/mol. The molecule has 112 valence electrons. The van der Waals surface area contributed by atoms with Crippen molar-refractivity contribution in [1.82, 2.24) is 19.7 Å². The predicted molar refractivity (Wildman–Crippen MR) is 85.4 cm³/mol. The summed E-state index contributed by atoms with van der Waals surface area (Å²) in [4.78, 5) is 18.6. The molecule has 5 heteroatoms. The molecule has 0 spiro atoms. The highest BCUT2D eigenvalue weighted by atomic mass is 16.2. The van der Waals surface area contributed by atoms with Crippen molar-refractivity contribution < 1.29 is 4.79 Å². The van der Waals surface area contributed by atoms with Crippen molar-refractivity contribution in [2.24, 2.45) is 7.05 Å². The van der Waals surface area contributed by atoms with Gasteiger partial charge in [-0.3, -0.25) is 14.5 Å². The van der Waals surface area contributed by atoms with Gasteiger partial charge in [-0.25, -0.2) is 0 Å². The van der Waals surface area contributed by atoms with Gasteiger partial charge in [0.1, 0.15) is 0 Å². The molecule has 0 fully saturated rings. The number of benzene rings is 1. The van der Waals surface area contributed by atoms with Gasteiger partial charge < -0.3 is 4.90 Å². The predicted octanol–water partition coefficient (Wildman–Crippen LogP) is 2.63. The highest BCUT2D eigenvalue weighted by Crippen LogP contribution is 2.19. The molecule has 3 aromatic rings. The first-order chi connectivity index (χ1) is 10.7. The average molecular weight is 294 g/mol. The molecule has 3 rings (SSSR count). The molecule has 0 saturated heterocycles. The van der Waals surface area contributed by atoms with Crippen LogP contribution in [0, 0.1) is 0 Å². The van der Waals surface area contributed by atoms with Crippen LogP contribution in [0.1, 0.15) is 23.0 Å². The highest BCUT2D eigenvalue weighted by molar-refractivity contribution is 6.04. The fourth-order valence-corrected chi connectivity index (χ4v) is 2.56. The van der Waals surface area contributed by atoms with Gasteiger partial charge in [0.25, 0.3) is 5.91 Å². The maximum Gasteiger partial charge on any atom is 0.275 e. The molecule has 22 heavy (non-hydrogen) atoms. The molecule has 2 heterocycles. The van der Waals surface area contributed by atoms with Gasteiger partial charge in [-0.15, -0.1) is 0 Å². The van der Waals surface area contributed by atoms with Gasteiger partial charge in [-0.1, -0.05) is 18.2 Å². The van der Waals surface area contributed by atoms with Crippen LogP contribution in [0.5, 0.6) is 0 Å². The molecular weight excluding hydrogens is 276 g/mol. The van der Waals surface area contributed by atoms with Gasteiger partial charge in [0.05, 0.1) is 5.52 Å². The van der Waals surface area contributed by atoms with E-state index in [1.807, 2.05) is 50.4 Å². The van der Waals surface area contributed by atoms with Gasteiger partial charge in [0.2, 0.25) is 0 Å². The van der Waals surface area contributed by atoms with Crippen LogP contribution in [0.25, 0.3) is 10.9 Å². The highest BCUT2D eigenvalue weighted by Gasteiger charge is 2.21. The zero-order valence-electron chi connectivity index (χ0n) is 12.7. The summed E-state index contributed by atoms with van der Waals surface area (Å²) in [5.74, 6) is -0.0453. The number of rotatable bonds is 4. The van der Waals surface area contributed by atoms with Crippen molar-refractivity contribution in [1.29, 1.82) is 0 Å². The SMILES string of the molecule is CCN(Cc1ccncc1)C(=O)c1nn(C)c2ccccc12. The number of hydrogen-bond acceptors (Lipinski definition) is 3. The van der Waals surface area contributed by atoms with Gasteiger partial charge in [0.15, 0.2) is 5.69 Å². The molecule has 0 bridgehead atoms. The van der Waals surface area contributed by atoms with Crippen LogP contribution in [0.2, 0.25) is 0 Å². The lowest BCUT2D eigenvalue weighted by Gasteiger charge is -2.20. The number of fused-ring (bicyclic) bond motifs is 1. The molecule has 0 saturated carbocycles. The van der Waals surface area contributed by atoms with E-state index >= 15 is 0 Å². The summed E-state index contributed by atoms with van der Waals surface area (Å²) in [6.45, 7) is 3.17. The second-order valence-electron chi connectivity index (χ2n) is 5.16. The van der Waals surface area contributed by atoms with Crippen molar-refractivity contribution in [2.75, 3.05) is 6.54 Å². The molecule has 0 aliphatic carbocycles. The number of para-hydroxylation sites is 1. The Morgan fingerprint density at radius 1 is 1.18 bits per heavy atom. The normalized spacial score (nSPS) is 10.8. The summed E-state index contributed by atoms with van der Waals surface area (Å²) in [7, 11) is 1.86. The third-order valence-electron chi connectivity index (χ3n) is 3.75. The molecule has 0 unspecified atom stereocenters. The first-order valence-electron chi connectivity index (χ1n) is 7.30. The van der Waals surface area contributed by atoms with Crippen LogP contribution in [-0.2, 0) is 13.6 Å². The first kappa shape index (κ1) is 14.3. The fourth-order valence-electron chi connectivity index (χ4n) is 2.56. The summed E-state index contributed by atoms with van der Waals surface area (Å²) in [6.07, 6.45) is 3.48. The maximum atomic E-state index is 12.8. The number of aromatic nitrogens is 3. The largest absolute Gasteiger partial charge is 0.333 e. The minimum atomic E-state index is -0.0453. The molecule has 0 radical (unpaired) electrons. The van der Waals surface area contributed by atoms with Gasteiger partial charge >= 0.3 is 0 Å². The zero-order valence-corrected chi connectivity index (χ0v) is 12.7. The number of nitrogens with zero attached hydrogens (tertiary/aromatic N) is 4. The molecular formula is C17H18N4O. The van der Waals surface area contributed by atoms with Crippen LogP contribution >= 0.6 is 0 Å². The fraction of sp³-hybridized carbons (Fsp3) is 0.235. The second-order valence-corrected chi connectivity index (χ2v) is 5.16. The summed E-state index contributed by atoms with van der Waals surface area (Å²) < 4.78 is 1.75. The Kier molecular flexibility index (Phi) is 3.87. The molecule has 5 nitrogen and oxygen atoms in total. The minimum Gasteiger partial charge on any atom is -0.333 e. The Morgan fingerprint density at radius 3 is 2.64 bits per heavy atom. The van der Waals surface area contributed by atoms with Crippen LogP contribution < -0.4 is 0 Å². The average Bonchev–Trinajstić information content (AvgIpc) is 2.90. The van der Waals surface area contributed by atoms with E-state index in [0.29, 0.717) is 18.8 Å². The number of carbonyl (C=O) groups is 1. The van der Waals surface area contributed by atoms with E-state index in [1.54, 1.807) is 22.0 Å². The number of aryl methyl sites for hydroxylation is 1. The summed E-state index contributed by atoms with van der Waals surface area (Å²) in [5.41, 5.74) is 2.53. The lowest BCUT2D eigenvalue weighted by atomic mass is 10.2. The Labute approximate surface area is 129 Å². The minimum absolute atomic E-state index is 0.0453. The molecule has 1 amide bonds. The quantitative estimate of drug-likeness (QED) is 0.743. The molecule has 0 aliphatic heterocycles. The third-order valence-corrected chi connectivity index (χ3v) is 3.75. The maximum absolute atomic E-state index is 12.8. The molecule has 2 aromatic heterocycles. The standard InChI is InChI=1S/C17H18N4O/c1-3-21(12-13-8-10-18-11-9-13)17(22)16-14-6-4-5-7-15(14)20(2)19-16/h4-11H,3,12H2,1-2H3. The Bertz CT molecular complexity index is 795. The summed E-state index contributed by atoms with van der Waals surface area (Å²) in [5, 5.41) is 5.31. The zero-order chi connectivity index (χ0) is 15.5. The Morgan fingerprint density at radius 2 is 1.91 bits per heavy atom. The van der Waals surface area contributed by atoms with Crippen LogP contribution in [0.15, 0.2) is 48.8 Å². The topological polar surface area (TPSA) is 51.0 Å². The third kappa shape index (κ3) is 2.57. The van der Waals surface area contributed by atoms with E-state index < -0.39 is 0 Å².